The summed E-state index contributed by atoms with van der Waals surface area (Å²) in [5, 5.41) is 3.55. The van der Waals surface area contributed by atoms with Gasteiger partial charge in [-0.2, -0.15) is 0 Å². The van der Waals surface area contributed by atoms with Gasteiger partial charge in [0.2, 0.25) is 0 Å². The zero-order chi connectivity index (χ0) is 4.41. The lowest BCUT2D eigenvalue weighted by molar-refractivity contribution is 0.964. The number of amidine groups is 1. The fourth-order valence-corrected chi connectivity index (χ4v) is 0.570. The Morgan fingerprint density at radius 2 is 2.67 bits per heavy atom. The van der Waals surface area contributed by atoms with E-state index in [2.05, 4.69) is 22.9 Å². The van der Waals surface area contributed by atoms with E-state index in [1.165, 1.54) is 0 Å². The summed E-state index contributed by atoms with van der Waals surface area (Å²) in [6.45, 7) is 1.79. The largest absolute Gasteiger partial charge is 0.743 e. The number of hydrogen-bond donors (Lipinski definition) is 1. The van der Waals surface area contributed by atoms with Gasteiger partial charge in [-0.25, -0.2) is 0 Å². The smallest absolute Gasteiger partial charge is 0.0561 e. The molecule has 2 nitrogen and oxygen atoms in total. The normalized spacial score (nSPS) is 19.7. The molecule has 0 aromatic heterocycles. The summed E-state index contributed by atoms with van der Waals surface area (Å²) in [4.78, 5) is 3.86. The monoisotopic (exact) mass is 101 g/mol. The summed E-state index contributed by atoms with van der Waals surface area (Å²) in [7, 11) is 0. The minimum absolute atomic E-state index is 0.662. The standard InChI is InChI=1S/C3H6N2S/c6-3-4-1-2-5-3/h1-2H2,(H2,4,5,6)/p-1. The molecule has 6 heavy (non-hydrogen) atoms. The maximum atomic E-state index is 4.64. The average molecular weight is 101 g/mol. The van der Waals surface area contributed by atoms with Gasteiger partial charge in [-0.3, -0.25) is 4.99 Å². The topological polar surface area (TPSA) is 24.4 Å². The quantitative estimate of drug-likeness (QED) is 0.416. The number of hydrogen-bond acceptors (Lipinski definition) is 3. The Balaban J connectivity index is 2.45. The first-order chi connectivity index (χ1) is 2.89. The second-order valence-electron chi connectivity index (χ2n) is 1.11. The van der Waals surface area contributed by atoms with Crippen molar-refractivity contribution in [1.82, 2.24) is 5.32 Å². The van der Waals surface area contributed by atoms with Crippen LogP contribution in [-0.2, 0) is 12.6 Å². The molecule has 1 N–H and O–H groups in total. The molecule has 1 aliphatic heterocycles. The van der Waals surface area contributed by atoms with Gasteiger partial charge in [0.15, 0.2) is 0 Å². The van der Waals surface area contributed by atoms with Crippen LogP contribution in [0.15, 0.2) is 4.99 Å². The summed E-state index contributed by atoms with van der Waals surface area (Å²) in [6, 6.07) is 0. The lowest BCUT2D eigenvalue weighted by atomic mass is 10.7. The van der Waals surface area contributed by atoms with Crippen LogP contribution in [0.3, 0.4) is 0 Å². The molecular formula is C3H5N2S-. The van der Waals surface area contributed by atoms with Crippen molar-refractivity contribution in [2.45, 2.75) is 0 Å². The van der Waals surface area contributed by atoms with E-state index in [1.54, 1.807) is 0 Å². The highest BCUT2D eigenvalue weighted by Gasteiger charge is 1.86. The van der Waals surface area contributed by atoms with Gasteiger partial charge < -0.3 is 17.9 Å². The molecule has 0 radical (unpaired) electrons. The van der Waals surface area contributed by atoms with Gasteiger partial charge in [0.05, 0.1) is 6.54 Å². The van der Waals surface area contributed by atoms with E-state index >= 15 is 0 Å². The van der Waals surface area contributed by atoms with Gasteiger partial charge in [-0.05, 0) is 5.17 Å². The summed E-state index contributed by atoms with van der Waals surface area (Å²) in [5.74, 6) is 0. The minimum Gasteiger partial charge on any atom is -0.743 e. The third-order valence-corrected chi connectivity index (χ3v) is 0.917. The van der Waals surface area contributed by atoms with Gasteiger partial charge in [0.1, 0.15) is 0 Å². The zero-order valence-corrected chi connectivity index (χ0v) is 4.09. The first kappa shape index (κ1) is 3.87. The van der Waals surface area contributed by atoms with Crippen LogP contribution in [0.2, 0.25) is 0 Å². The van der Waals surface area contributed by atoms with E-state index in [9.17, 15) is 0 Å². The maximum absolute atomic E-state index is 4.64. The van der Waals surface area contributed by atoms with E-state index in [4.69, 9.17) is 0 Å². The number of nitrogens with one attached hydrogen (secondary N) is 1. The number of rotatable bonds is 0. The molecule has 34 valence electrons. The van der Waals surface area contributed by atoms with Crippen molar-refractivity contribution >= 4 is 17.8 Å². The van der Waals surface area contributed by atoms with Crippen LogP contribution in [-0.4, -0.2) is 18.3 Å². The van der Waals surface area contributed by atoms with E-state index < -0.39 is 0 Å². The van der Waals surface area contributed by atoms with Crippen molar-refractivity contribution in [1.29, 1.82) is 0 Å². The molecule has 1 rings (SSSR count). The Labute approximate surface area is 42.1 Å². The van der Waals surface area contributed by atoms with Gasteiger partial charge in [0, 0.05) is 6.54 Å². The molecule has 0 aromatic rings. The first-order valence-electron chi connectivity index (χ1n) is 1.85. The van der Waals surface area contributed by atoms with Crippen molar-refractivity contribution in [3.05, 3.63) is 0 Å². The van der Waals surface area contributed by atoms with Gasteiger partial charge in [-0.15, -0.1) is 0 Å². The van der Waals surface area contributed by atoms with Crippen LogP contribution in [0.1, 0.15) is 0 Å². The second-order valence-corrected chi connectivity index (χ2v) is 1.50. The van der Waals surface area contributed by atoms with Gasteiger partial charge in [0.25, 0.3) is 0 Å². The average Bonchev–Trinajstić information content (AvgIpc) is 1.86. The summed E-state index contributed by atoms with van der Waals surface area (Å²) in [6.07, 6.45) is 0. The fourth-order valence-electron chi connectivity index (χ4n) is 0.376. The third kappa shape index (κ3) is 0.597. The predicted molar refractivity (Wildman–Crippen MR) is 27.7 cm³/mol. The Morgan fingerprint density at radius 1 is 1.83 bits per heavy atom. The lowest BCUT2D eigenvalue weighted by Gasteiger charge is -2.00. The molecule has 0 spiro atoms. The zero-order valence-electron chi connectivity index (χ0n) is 3.27. The molecule has 0 aliphatic carbocycles. The Kier molecular flexibility index (Phi) is 0.919. The summed E-state index contributed by atoms with van der Waals surface area (Å²) in [5.41, 5.74) is 0. The Bertz CT molecular complexity index is 78.9. The SMILES string of the molecule is [S-]C1=NCCN1. The third-order valence-electron chi connectivity index (χ3n) is 0.643. The van der Waals surface area contributed by atoms with Crippen molar-refractivity contribution in [2.75, 3.05) is 13.1 Å². The molecule has 1 aliphatic rings. The van der Waals surface area contributed by atoms with Gasteiger partial charge in [-0.1, -0.05) is 0 Å². The molecule has 0 saturated heterocycles. The predicted octanol–water partition coefficient (Wildman–Crippen LogP) is -0.508. The molecule has 3 heteroatoms. The highest BCUT2D eigenvalue weighted by atomic mass is 32.1. The van der Waals surface area contributed by atoms with E-state index in [1.807, 2.05) is 0 Å². The highest BCUT2D eigenvalue weighted by Crippen LogP contribution is 1.78. The molecule has 0 bridgehead atoms. The van der Waals surface area contributed by atoms with Crippen LogP contribution in [0.4, 0.5) is 0 Å². The van der Waals surface area contributed by atoms with Crippen molar-refractivity contribution < 1.29 is 0 Å². The molecule has 0 fully saturated rings. The van der Waals surface area contributed by atoms with E-state index in [0.29, 0.717) is 5.17 Å². The van der Waals surface area contributed by atoms with Crippen LogP contribution in [0.25, 0.3) is 0 Å². The van der Waals surface area contributed by atoms with Crippen molar-refractivity contribution in [3.8, 4) is 0 Å². The molecule has 0 unspecified atom stereocenters. The van der Waals surface area contributed by atoms with Crippen LogP contribution in [0.5, 0.6) is 0 Å². The molecule has 0 aromatic carbocycles. The number of nitrogens with zero attached hydrogens (tertiary/aromatic N) is 1. The highest BCUT2D eigenvalue weighted by molar-refractivity contribution is 7.77. The van der Waals surface area contributed by atoms with E-state index in [-0.39, 0.29) is 0 Å². The summed E-state index contributed by atoms with van der Waals surface area (Å²) >= 11 is 4.64. The Hall–Kier alpha value is -0.310. The van der Waals surface area contributed by atoms with Crippen molar-refractivity contribution in [2.24, 2.45) is 4.99 Å². The number of aliphatic imine (C=N–C) groups is 1. The maximum Gasteiger partial charge on any atom is 0.0561 e. The first-order valence-corrected chi connectivity index (χ1v) is 2.26. The Morgan fingerprint density at radius 3 is 2.83 bits per heavy atom. The van der Waals surface area contributed by atoms with Crippen molar-refractivity contribution in [3.63, 3.8) is 0 Å². The van der Waals surface area contributed by atoms with E-state index in [0.717, 1.165) is 13.1 Å². The van der Waals surface area contributed by atoms with Gasteiger partial charge >= 0.3 is 0 Å². The molecular weight excluding hydrogens is 96.1 g/mol. The second kappa shape index (κ2) is 1.43. The molecule has 0 atom stereocenters. The minimum atomic E-state index is 0.662. The van der Waals surface area contributed by atoms with Crippen LogP contribution < -0.4 is 5.32 Å². The summed E-state index contributed by atoms with van der Waals surface area (Å²) < 4.78 is 0. The molecule has 0 saturated carbocycles. The molecule has 1 heterocycles. The van der Waals surface area contributed by atoms with Crippen LogP contribution in [0, 0.1) is 0 Å². The fraction of sp³-hybridized carbons (Fsp3) is 0.667. The van der Waals surface area contributed by atoms with Crippen LogP contribution >= 0.6 is 0 Å². The molecule has 0 amide bonds. The lowest BCUT2D eigenvalue weighted by Crippen LogP contribution is -2.14.